The van der Waals surface area contributed by atoms with Crippen molar-refractivity contribution >= 4 is 108 Å². The predicted octanol–water partition coefficient (Wildman–Crippen LogP) is 10.0. The minimum absolute atomic E-state index is 0.0783. The van der Waals surface area contributed by atoms with Crippen LogP contribution in [0, 0.1) is 6.92 Å². The summed E-state index contributed by atoms with van der Waals surface area (Å²) in [6.07, 6.45) is 14.9. The average Bonchev–Trinajstić information content (AvgIpc) is 4.17. The Morgan fingerprint density at radius 1 is 0.859 bits per heavy atom. The topological polar surface area (TPSA) is 151 Å². The molecule has 1 saturated carbocycles. The molecule has 64 heavy (non-hydrogen) atoms. The number of fused-ring (bicyclic) bond motifs is 4. The first-order valence-corrected chi connectivity index (χ1v) is 25.6. The van der Waals surface area contributed by atoms with E-state index < -0.39 is 29.2 Å². The van der Waals surface area contributed by atoms with Crippen LogP contribution in [-0.2, 0) is 16.1 Å². The van der Waals surface area contributed by atoms with Crippen molar-refractivity contribution in [3.8, 4) is 31.6 Å². The molecule has 10 rings (SSSR count). The monoisotopic (exact) mass is 945 g/mol. The Labute approximate surface area is 389 Å². The fraction of sp³-hybridized carbons (Fsp3) is 0.319. The lowest BCUT2D eigenvalue weighted by Crippen LogP contribution is -2.35. The molecule has 0 radical (unpaired) electrons. The molecule has 2 amide bonds. The van der Waals surface area contributed by atoms with E-state index in [0.717, 1.165) is 104 Å². The van der Waals surface area contributed by atoms with Crippen molar-refractivity contribution in [1.82, 2.24) is 28.2 Å². The molecule has 17 heteroatoms. The summed E-state index contributed by atoms with van der Waals surface area (Å²) in [5.74, 6) is -1.21. The van der Waals surface area contributed by atoms with Crippen LogP contribution >= 0.6 is 57.5 Å². The highest BCUT2D eigenvalue weighted by molar-refractivity contribution is 8.23. The molecule has 1 aliphatic carbocycles. The summed E-state index contributed by atoms with van der Waals surface area (Å²) in [5.41, 5.74) is 8.96. The number of carbonyl (C=O) groups excluding carboxylic acids is 2. The number of amides is 2. The van der Waals surface area contributed by atoms with Gasteiger partial charge in [-0.2, -0.15) is 8.75 Å². The van der Waals surface area contributed by atoms with Crippen LogP contribution in [0.25, 0.3) is 53.6 Å². The number of carboxylic acids is 1. The number of thioether (sulfide) groups is 1. The number of unbranched alkanes of at least 4 members (excludes halogenated alkanes) is 5. The number of thiazole rings is 3. The van der Waals surface area contributed by atoms with Gasteiger partial charge in [0, 0.05) is 58.3 Å². The molecule has 0 spiro atoms. The van der Waals surface area contributed by atoms with Crippen molar-refractivity contribution in [2.75, 3.05) is 11.4 Å². The molecule has 2 aliphatic heterocycles. The number of aryl methyl sites for hydroxylation is 1. The maximum absolute atomic E-state index is 13.7. The van der Waals surface area contributed by atoms with E-state index in [-0.39, 0.29) is 20.6 Å². The highest BCUT2D eigenvalue weighted by atomic mass is 32.2. The van der Waals surface area contributed by atoms with Crippen molar-refractivity contribution in [3.05, 3.63) is 103 Å². The van der Waals surface area contributed by atoms with E-state index in [2.05, 4.69) is 65.6 Å². The van der Waals surface area contributed by atoms with Gasteiger partial charge in [0.25, 0.3) is 16.7 Å². The molecule has 2 atom stereocenters. The number of imide groups is 1. The molecule has 7 aromatic rings. The minimum Gasteiger partial charge on any atom is -0.480 e. The van der Waals surface area contributed by atoms with Gasteiger partial charge in [0.05, 0.1) is 21.1 Å². The molecule has 326 valence electrons. The standard InChI is InChI=1S/C47H43N7O5S5/c1-3-4-5-6-7-8-20-52-45(58)41(63-47(52)59)46-53(25-38(55)56)44(57)36(62-46)22-29-23-48-42(60-29)31-17-18-32(40-39(31)50-64-51-40)43-49-24-37(61-43)27-14-19-35-33(21-27)30-10-9-11-34(30)54(35)28-15-12-26(2)13-16-28/h12-19,21-24,30,34H,3-11,20,25H2,1-2H3,(H,55,56)/b36-22+,46-41+. The van der Waals surface area contributed by atoms with Gasteiger partial charge in [0.2, 0.25) is 0 Å². The predicted molar refractivity (Wildman–Crippen MR) is 259 cm³/mol. The average molecular weight is 946 g/mol. The van der Waals surface area contributed by atoms with Crippen LogP contribution < -0.4 is 19.7 Å². The van der Waals surface area contributed by atoms with Gasteiger partial charge < -0.3 is 10.0 Å². The van der Waals surface area contributed by atoms with Gasteiger partial charge in [0.15, 0.2) is 0 Å². The van der Waals surface area contributed by atoms with Crippen LogP contribution in [0.2, 0.25) is 0 Å². The van der Waals surface area contributed by atoms with Gasteiger partial charge in [-0.3, -0.25) is 28.6 Å². The number of hydrogen-bond acceptors (Lipinski definition) is 14. The third-order valence-corrected chi connectivity index (χ3v) is 17.1. The third-order valence-electron chi connectivity index (χ3n) is 12.3. The van der Waals surface area contributed by atoms with Crippen LogP contribution in [0.1, 0.15) is 86.6 Å². The van der Waals surface area contributed by atoms with Crippen LogP contribution in [-0.4, -0.2) is 63.0 Å². The zero-order chi connectivity index (χ0) is 44.1. The highest BCUT2D eigenvalue weighted by Crippen LogP contribution is 2.53. The lowest BCUT2D eigenvalue weighted by Gasteiger charge is -2.27. The summed E-state index contributed by atoms with van der Waals surface area (Å²) in [6, 6.07) is 20.2. The Morgan fingerprint density at radius 3 is 2.36 bits per heavy atom. The molecule has 1 N–H and O–H groups in total. The summed E-state index contributed by atoms with van der Waals surface area (Å²) in [6.45, 7) is 3.93. The molecule has 3 aliphatic rings. The van der Waals surface area contributed by atoms with Crippen LogP contribution in [0.3, 0.4) is 0 Å². The van der Waals surface area contributed by atoms with E-state index in [0.29, 0.717) is 33.8 Å². The number of hydrogen-bond donors (Lipinski definition) is 1. The van der Waals surface area contributed by atoms with Gasteiger partial charge in [0.1, 0.15) is 37.2 Å². The van der Waals surface area contributed by atoms with Crippen LogP contribution in [0.15, 0.2) is 71.8 Å². The number of aromatic nitrogens is 5. The zero-order valence-corrected chi connectivity index (χ0v) is 39.2. The summed E-state index contributed by atoms with van der Waals surface area (Å²) < 4.78 is 10.9. The molecule has 12 nitrogen and oxygen atoms in total. The molecule has 2 fully saturated rings. The summed E-state index contributed by atoms with van der Waals surface area (Å²) in [7, 11) is 0. The number of aliphatic carboxylic acids is 1. The lowest BCUT2D eigenvalue weighted by atomic mass is 9.96. The SMILES string of the molecule is CCCCCCCCN1C(=O)S/C(=c2/s/c(=C/c3cnc(-c4ccc(-c5ncc(-c6ccc7c(c6)C6CCCC6N7c6ccc(C)cc6)s5)c5nsnc45)s3)c(=O)n2CC(=O)O)C1=O. The van der Waals surface area contributed by atoms with E-state index in [1.807, 2.05) is 18.3 Å². The minimum atomic E-state index is -1.23. The maximum atomic E-state index is 13.7. The number of anilines is 2. The largest absolute Gasteiger partial charge is 0.480 e. The van der Waals surface area contributed by atoms with E-state index in [9.17, 15) is 24.3 Å². The molecular weight excluding hydrogens is 903 g/mol. The van der Waals surface area contributed by atoms with Crippen molar-refractivity contribution < 1.29 is 19.5 Å². The van der Waals surface area contributed by atoms with E-state index >= 15 is 0 Å². The van der Waals surface area contributed by atoms with E-state index in [1.165, 1.54) is 58.0 Å². The fourth-order valence-corrected chi connectivity index (χ4v) is 13.7. The Hall–Kier alpha value is -5.33. The third kappa shape index (κ3) is 7.95. The highest BCUT2D eigenvalue weighted by Gasteiger charge is 2.42. The Bertz CT molecular complexity index is 3150. The molecule has 2 unspecified atom stereocenters. The van der Waals surface area contributed by atoms with Crippen molar-refractivity contribution in [1.29, 1.82) is 0 Å². The normalized spacial score (nSPS) is 18.2. The lowest BCUT2D eigenvalue weighted by molar-refractivity contribution is -0.137. The Morgan fingerprint density at radius 2 is 1.59 bits per heavy atom. The van der Waals surface area contributed by atoms with Crippen molar-refractivity contribution in [2.24, 2.45) is 0 Å². The van der Waals surface area contributed by atoms with Gasteiger partial charge >= 0.3 is 5.97 Å². The van der Waals surface area contributed by atoms with Gasteiger partial charge in [-0.05, 0) is 91.5 Å². The summed E-state index contributed by atoms with van der Waals surface area (Å²) >= 11 is 5.89. The summed E-state index contributed by atoms with van der Waals surface area (Å²) in [5, 5.41) is 10.8. The molecule has 0 bridgehead atoms. The fourth-order valence-electron chi connectivity index (χ4n) is 9.14. The zero-order valence-electron chi connectivity index (χ0n) is 35.1. The van der Waals surface area contributed by atoms with Gasteiger partial charge in [-0.25, -0.2) is 9.97 Å². The second kappa shape index (κ2) is 17.9. The molecular formula is C47H43N7O5S5. The quantitative estimate of drug-likeness (QED) is 0.104. The van der Waals surface area contributed by atoms with E-state index in [1.54, 1.807) is 23.6 Å². The first-order valence-electron chi connectivity index (χ1n) is 21.6. The Kier molecular flexibility index (Phi) is 11.9. The van der Waals surface area contributed by atoms with Crippen molar-refractivity contribution in [3.63, 3.8) is 0 Å². The summed E-state index contributed by atoms with van der Waals surface area (Å²) in [4.78, 5) is 67.3. The number of nitrogens with zero attached hydrogens (tertiary/aromatic N) is 7. The number of carbonyl (C=O) groups is 3. The first kappa shape index (κ1) is 42.6. The number of carboxylic acid groups (broad SMARTS) is 1. The second-order valence-electron chi connectivity index (χ2n) is 16.4. The number of rotatable bonds is 14. The van der Waals surface area contributed by atoms with E-state index in [4.69, 9.17) is 14.3 Å². The molecule has 6 heterocycles. The van der Waals surface area contributed by atoms with Crippen molar-refractivity contribution in [2.45, 2.75) is 90.1 Å². The Balaban J connectivity index is 0.915. The number of benzene rings is 3. The maximum Gasteiger partial charge on any atom is 0.323 e. The van der Waals surface area contributed by atoms with Gasteiger partial charge in [-0.15, -0.1) is 34.0 Å². The van der Waals surface area contributed by atoms with Crippen LogP contribution in [0.4, 0.5) is 16.2 Å². The van der Waals surface area contributed by atoms with Crippen LogP contribution in [0.5, 0.6) is 0 Å². The first-order chi connectivity index (χ1) is 31.2. The molecule has 4 aromatic heterocycles. The molecule has 3 aromatic carbocycles. The van der Waals surface area contributed by atoms with Gasteiger partial charge in [-0.1, -0.05) is 69.2 Å². The smallest absolute Gasteiger partial charge is 0.323 e. The second-order valence-corrected chi connectivity index (χ2v) is 21.0. The molecule has 1 saturated heterocycles.